The van der Waals surface area contributed by atoms with Gasteiger partial charge in [0.15, 0.2) is 0 Å². The van der Waals surface area contributed by atoms with Crippen molar-refractivity contribution in [3.8, 4) is 11.5 Å². The summed E-state index contributed by atoms with van der Waals surface area (Å²) in [7, 11) is 3.31. The molecular weight excluding hydrogens is 414 g/mol. The van der Waals surface area contributed by atoms with Crippen LogP contribution in [-0.2, 0) is 4.79 Å². The number of carbonyl (C=O) groups is 1. The highest BCUT2D eigenvalue weighted by Gasteiger charge is 2.36. The predicted octanol–water partition coefficient (Wildman–Crippen LogP) is 4.73. The number of nitrogens with zero attached hydrogens (tertiary/aromatic N) is 3. The Balaban J connectivity index is 1.69. The molecule has 2 aliphatic heterocycles. The van der Waals surface area contributed by atoms with Crippen LogP contribution in [0.5, 0.6) is 11.5 Å². The highest BCUT2D eigenvalue weighted by Crippen LogP contribution is 2.40. The number of benzene rings is 2. The number of ether oxygens (including phenoxy) is 2. The van der Waals surface area contributed by atoms with Crippen LogP contribution in [0.3, 0.4) is 0 Å². The third-order valence-corrected chi connectivity index (χ3v) is 6.90. The van der Waals surface area contributed by atoms with E-state index in [1.807, 2.05) is 18.2 Å². The summed E-state index contributed by atoms with van der Waals surface area (Å²) in [5.74, 6) is 2.23. The third-order valence-electron chi connectivity index (χ3n) is 6.90. The fourth-order valence-electron chi connectivity index (χ4n) is 4.78. The SMILES string of the molecule is COc1ccc(OC)c(C2CC(c3cc(C)ccc3C)=NN2C(=O)CN2CCC(C)CC2)c1. The Hall–Kier alpha value is -2.86. The van der Waals surface area contributed by atoms with Gasteiger partial charge in [-0.3, -0.25) is 9.69 Å². The molecule has 0 radical (unpaired) electrons. The lowest BCUT2D eigenvalue weighted by molar-refractivity contribution is -0.134. The summed E-state index contributed by atoms with van der Waals surface area (Å²) in [6, 6.07) is 11.9. The van der Waals surface area contributed by atoms with E-state index in [4.69, 9.17) is 14.6 Å². The van der Waals surface area contributed by atoms with Crippen molar-refractivity contribution in [3.05, 3.63) is 58.7 Å². The van der Waals surface area contributed by atoms with Crippen molar-refractivity contribution in [3.63, 3.8) is 0 Å². The Labute approximate surface area is 197 Å². The molecule has 6 heteroatoms. The van der Waals surface area contributed by atoms with Gasteiger partial charge in [0.1, 0.15) is 11.5 Å². The van der Waals surface area contributed by atoms with Crippen LogP contribution in [-0.4, -0.2) is 55.4 Å². The molecule has 0 spiro atoms. The maximum absolute atomic E-state index is 13.6. The molecule has 6 nitrogen and oxygen atoms in total. The average Bonchev–Trinajstić information content (AvgIpc) is 3.27. The van der Waals surface area contributed by atoms with Crippen LogP contribution in [0, 0.1) is 19.8 Å². The molecule has 2 aliphatic rings. The minimum absolute atomic E-state index is 0.0275. The van der Waals surface area contributed by atoms with Gasteiger partial charge < -0.3 is 9.47 Å². The average molecular weight is 450 g/mol. The number of carbonyl (C=O) groups excluding carboxylic acids is 1. The molecule has 1 unspecified atom stereocenters. The fourth-order valence-corrected chi connectivity index (χ4v) is 4.78. The second-order valence-electron chi connectivity index (χ2n) is 9.39. The van der Waals surface area contributed by atoms with Crippen LogP contribution in [0.2, 0.25) is 0 Å². The Morgan fingerprint density at radius 3 is 2.52 bits per heavy atom. The van der Waals surface area contributed by atoms with Gasteiger partial charge >= 0.3 is 0 Å². The molecule has 4 rings (SSSR count). The highest BCUT2D eigenvalue weighted by atomic mass is 16.5. The van der Waals surface area contributed by atoms with E-state index >= 15 is 0 Å². The first kappa shape index (κ1) is 23.3. The summed E-state index contributed by atoms with van der Waals surface area (Å²) < 4.78 is 11.2. The van der Waals surface area contributed by atoms with E-state index in [1.165, 1.54) is 5.56 Å². The van der Waals surface area contributed by atoms with Crippen molar-refractivity contribution < 1.29 is 14.3 Å². The molecule has 2 aromatic carbocycles. The van der Waals surface area contributed by atoms with Crippen LogP contribution in [0.4, 0.5) is 0 Å². The van der Waals surface area contributed by atoms with E-state index in [0.717, 1.165) is 65.8 Å². The predicted molar refractivity (Wildman–Crippen MR) is 131 cm³/mol. The number of hydrogen-bond acceptors (Lipinski definition) is 5. The van der Waals surface area contributed by atoms with Gasteiger partial charge in [0.05, 0.1) is 32.5 Å². The van der Waals surface area contributed by atoms with Gasteiger partial charge in [0, 0.05) is 17.5 Å². The second-order valence-corrected chi connectivity index (χ2v) is 9.39. The molecule has 1 saturated heterocycles. The first-order chi connectivity index (χ1) is 15.9. The van der Waals surface area contributed by atoms with E-state index in [1.54, 1.807) is 19.2 Å². The Morgan fingerprint density at radius 2 is 1.82 bits per heavy atom. The zero-order valence-electron chi connectivity index (χ0n) is 20.4. The molecule has 0 bridgehead atoms. The molecule has 33 heavy (non-hydrogen) atoms. The number of rotatable bonds is 6. The van der Waals surface area contributed by atoms with Crippen LogP contribution in [0.1, 0.15) is 54.5 Å². The van der Waals surface area contributed by atoms with Crippen molar-refractivity contribution in [1.82, 2.24) is 9.91 Å². The summed E-state index contributed by atoms with van der Waals surface area (Å²) >= 11 is 0. The number of hydrazone groups is 1. The molecule has 0 N–H and O–H groups in total. The van der Waals surface area contributed by atoms with E-state index in [0.29, 0.717) is 13.0 Å². The highest BCUT2D eigenvalue weighted by molar-refractivity contribution is 6.04. The van der Waals surface area contributed by atoms with Crippen LogP contribution >= 0.6 is 0 Å². The zero-order chi connectivity index (χ0) is 23.5. The van der Waals surface area contributed by atoms with Gasteiger partial charge in [-0.15, -0.1) is 0 Å². The van der Waals surface area contributed by atoms with Crippen molar-refractivity contribution in [2.75, 3.05) is 33.9 Å². The van der Waals surface area contributed by atoms with Gasteiger partial charge in [-0.2, -0.15) is 5.10 Å². The summed E-state index contributed by atoms with van der Waals surface area (Å²) in [4.78, 5) is 15.8. The first-order valence-electron chi connectivity index (χ1n) is 11.8. The second kappa shape index (κ2) is 9.96. The van der Waals surface area contributed by atoms with Crippen molar-refractivity contribution in [2.45, 2.75) is 46.1 Å². The van der Waals surface area contributed by atoms with Crippen LogP contribution in [0.25, 0.3) is 0 Å². The summed E-state index contributed by atoms with van der Waals surface area (Å²) in [5, 5.41) is 6.59. The molecule has 0 aliphatic carbocycles. The molecule has 0 saturated carbocycles. The first-order valence-corrected chi connectivity index (χ1v) is 11.8. The Kier molecular flexibility index (Phi) is 7.03. The topological polar surface area (TPSA) is 54.4 Å². The summed E-state index contributed by atoms with van der Waals surface area (Å²) in [6.45, 7) is 8.77. The molecule has 1 fully saturated rings. The largest absolute Gasteiger partial charge is 0.497 e. The van der Waals surface area contributed by atoms with Crippen LogP contribution < -0.4 is 9.47 Å². The summed E-state index contributed by atoms with van der Waals surface area (Å²) in [5.41, 5.74) is 5.30. The smallest absolute Gasteiger partial charge is 0.257 e. The number of amides is 1. The Morgan fingerprint density at radius 1 is 1.06 bits per heavy atom. The molecular formula is C27H35N3O3. The Bertz CT molecular complexity index is 1040. The normalized spacial score (nSPS) is 19.5. The lowest BCUT2D eigenvalue weighted by Crippen LogP contribution is -2.41. The van der Waals surface area contributed by atoms with Crippen LogP contribution in [0.15, 0.2) is 41.5 Å². The monoisotopic (exact) mass is 449 g/mol. The summed E-state index contributed by atoms with van der Waals surface area (Å²) in [6.07, 6.45) is 2.91. The molecule has 176 valence electrons. The van der Waals surface area contributed by atoms with Crippen molar-refractivity contribution >= 4 is 11.6 Å². The van der Waals surface area contributed by atoms with E-state index in [2.05, 4.69) is 43.9 Å². The number of likely N-dealkylation sites (tertiary alicyclic amines) is 1. The maximum atomic E-state index is 13.6. The van der Waals surface area contributed by atoms with Gasteiger partial charge in [0.25, 0.3) is 5.91 Å². The van der Waals surface area contributed by atoms with E-state index in [-0.39, 0.29) is 11.9 Å². The molecule has 1 amide bonds. The van der Waals surface area contributed by atoms with Gasteiger partial charge in [0.2, 0.25) is 0 Å². The van der Waals surface area contributed by atoms with E-state index < -0.39 is 0 Å². The quantitative estimate of drug-likeness (QED) is 0.640. The zero-order valence-corrected chi connectivity index (χ0v) is 20.4. The lowest BCUT2D eigenvalue weighted by Gasteiger charge is -2.31. The fraction of sp³-hybridized carbons (Fsp3) is 0.481. The maximum Gasteiger partial charge on any atom is 0.257 e. The van der Waals surface area contributed by atoms with Gasteiger partial charge in [-0.25, -0.2) is 5.01 Å². The minimum Gasteiger partial charge on any atom is -0.497 e. The molecule has 2 aromatic rings. The van der Waals surface area contributed by atoms with Crippen molar-refractivity contribution in [2.24, 2.45) is 11.0 Å². The molecule has 1 atom stereocenters. The standard InChI is InChI=1S/C27H35N3O3/c1-18-10-12-29(13-11-18)17-27(31)30-25(23-15-21(32-4)8-9-26(23)33-5)16-24(28-30)22-14-19(2)6-7-20(22)3/h6-9,14-15,18,25H,10-13,16-17H2,1-5H3. The number of hydrogen-bond donors (Lipinski definition) is 0. The van der Waals surface area contributed by atoms with E-state index in [9.17, 15) is 4.79 Å². The number of aryl methyl sites for hydroxylation is 2. The van der Waals surface area contributed by atoms with Crippen molar-refractivity contribution in [1.29, 1.82) is 0 Å². The third kappa shape index (κ3) is 5.06. The van der Waals surface area contributed by atoms with Gasteiger partial charge in [-0.1, -0.05) is 24.6 Å². The molecule has 2 heterocycles. The van der Waals surface area contributed by atoms with Gasteiger partial charge in [-0.05, 0) is 75.5 Å². The lowest BCUT2D eigenvalue weighted by atomic mass is 9.94. The molecule has 0 aromatic heterocycles. The minimum atomic E-state index is -0.235. The number of piperidine rings is 1. The number of methoxy groups -OCH3 is 2.